The molecule has 3 aliphatic rings. The second kappa shape index (κ2) is 7.77. The van der Waals surface area contributed by atoms with Gasteiger partial charge in [-0.3, -0.25) is 9.69 Å². The number of aromatic nitrogens is 2. The van der Waals surface area contributed by atoms with Gasteiger partial charge >= 0.3 is 0 Å². The Labute approximate surface area is 161 Å². The molecule has 3 saturated heterocycles. The molecule has 0 saturated carbocycles. The van der Waals surface area contributed by atoms with E-state index in [0.717, 1.165) is 38.4 Å². The van der Waals surface area contributed by atoms with Gasteiger partial charge in [0.2, 0.25) is 0 Å². The van der Waals surface area contributed by atoms with Crippen molar-refractivity contribution in [3.8, 4) is 0 Å². The van der Waals surface area contributed by atoms with Crippen molar-refractivity contribution in [1.29, 1.82) is 0 Å². The summed E-state index contributed by atoms with van der Waals surface area (Å²) in [6, 6.07) is 12.7. The lowest BCUT2D eigenvalue weighted by atomic mass is 9.94. The average molecular weight is 364 g/mol. The zero-order valence-corrected chi connectivity index (χ0v) is 16.2. The third kappa shape index (κ3) is 4.03. The predicted octanol–water partition coefficient (Wildman–Crippen LogP) is 3.34. The Morgan fingerprint density at radius 3 is 2.70 bits per heavy atom. The van der Waals surface area contributed by atoms with Gasteiger partial charge in [0.1, 0.15) is 11.5 Å². The minimum atomic E-state index is 0.0653. The average Bonchev–Trinajstić information content (AvgIpc) is 2.99. The molecule has 142 valence electrons. The summed E-state index contributed by atoms with van der Waals surface area (Å²) in [4.78, 5) is 26.6. The molecule has 1 amide bonds. The molecule has 2 atom stereocenters. The molecule has 2 bridgehead atoms. The van der Waals surface area contributed by atoms with E-state index in [-0.39, 0.29) is 17.9 Å². The third-order valence-corrected chi connectivity index (χ3v) is 5.71. The highest BCUT2D eigenvalue weighted by Gasteiger charge is 2.37. The molecule has 3 aliphatic heterocycles. The van der Waals surface area contributed by atoms with Crippen LogP contribution in [0, 0.1) is 5.92 Å². The van der Waals surface area contributed by atoms with Crippen LogP contribution in [0.1, 0.15) is 54.5 Å². The molecule has 5 nitrogen and oxygen atoms in total. The van der Waals surface area contributed by atoms with E-state index in [0.29, 0.717) is 11.6 Å². The van der Waals surface area contributed by atoms with Crippen LogP contribution in [0.3, 0.4) is 0 Å². The predicted molar refractivity (Wildman–Crippen MR) is 105 cm³/mol. The molecular formula is C22H28N4O. The van der Waals surface area contributed by atoms with E-state index in [4.69, 9.17) is 0 Å². The van der Waals surface area contributed by atoms with Gasteiger partial charge in [-0.2, -0.15) is 0 Å². The summed E-state index contributed by atoms with van der Waals surface area (Å²) in [5, 5.41) is 0. The molecular weight excluding hydrogens is 336 g/mol. The molecule has 5 heteroatoms. The van der Waals surface area contributed by atoms with Crippen molar-refractivity contribution in [3.63, 3.8) is 0 Å². The fraction of sp³-hybridized carbons (Fsp3) is 0.500. The molecule has 1 aromatic carbocycles. The number of nitrogens with zero attached hydrogens (tertiary/aromatic N) is 4. The fourth-order valence-corrected chi connectivity index (χ4v) is 4.32. The van der Waals surface area contributed by atoms with Crippen LogP contribution in [0.5, 0.6) is 0 Å². The largest absolute Gasteiger partial charge is 0.333 e. The quantitative estimate of drug-likeness (QED) is 0.835. The fourth-order valence-electron chi connectivity index (χ4n) is 4.32. The molecule has 0 spiro atoms. The van der Waals surface area contributed by atoms with Crippen LogP contribution in [-0.4, -0.2) is 51.4 Å². The first-order valence-electron chi connectivity index (χ1n) is 10.0. The molecule has 3 fully saturated rings. The first-order valence-corrected chi connectivity index (χ1v) is 10.0. The maximum Gasteiger partial charge on any atom is 0.272 e. The van der Waals surface area contributed by atoms with Crippen molar-refractivity contribution >= 4 is 5.91 Å². The van der Waals surface area contributed by atoms with E-state index >= 15 is 0 Å². The van der Waals surface area contributed by atoms with Crippen LogP contribution >= 0.6 is 0 Å². The van der Waals surface area contributed by atoms with Crippen molar-refractivity contribution in [3.05, 3.63) is 59.7 Å². The van der Waals surface area contributed by atoms with Crippen LogP contribution in [0.2, 0.25) is 0 Å². The molecule has 4 heterocycles. The van der Waals surface area contributed by atoms with Gasteiger partial charge in [0.15, 0.2) is 0 Å². The zero-order valence-electron chi connectivity index (χ0n) is 16.2. The number of carbonyl (C=O) groups is 1. The Balaban J connectivity index is 1.50. The first kappa shape index (κ1) is 18.1. The Kier molecular flexibility index (Phi) is 5.21. The lowest BCUT2D eigenvalue weighted by Gasteiger charge is -2.36. The van der Waals surface area contributed by atoms with E-state index < -0.39 is 0 Å². The van der Waals surface area contributed by atoms with Crippen LogP contribution in [0.15, 0.2) is 42.6 Å². The topological polar surface area (TPSA) is 49.3 Å². The highest BCUT2D eigenvalue weighted by atomic mass is 16.2. The molecule has 27 heavy (non-hydrogen) atoms. The standard InChI is InChI=1S/C22H28N4O/c1-16(2)21-23-11-10-20(24-21)22(27)26-14-18-8-9-19(26)15-25(13-18)12-17-6-4-3-5-7-17/h3-7,10-11,16,18-19H,8-9,12-15H2,1-2H3/t18-,19+/m0/s1. The van der Waals surface area contributed by atoms with Crippen LogP contribution in [0.25, 0.3) is 0 Å². The lowest BCUT2D eigenvalue weighted by Crippen LogP contribution is -2.47. The van der Waals surface area contributed by atoms with Gasteiger partial charge < -0.3 is 4.90 Å². The SMILES string of the molecule is CC(C)c1nccc(C(=O)N2C[C@H]3CC[C@@H]2CN(Cc2ccccc2)C3)n1. The maximum atomic E-state index is 13.2. The number of amides is 1. The molecule has 2 aromatic rings. The number of carbonyl (C=O) groups excluding carboxylic acids is 1. The second-order valence-electron chi connectivity index (χ2n) is 8.19. The zero-order chi connectivity index (χ0) is 18.8. The van der Waals surface area contributed by atoms with E-state index in [2.05, 4.69) is 63.9 Å². The van der Waals surface area contributed by atoms with Gasteiger partial charge in [-0.15, -0.1) is 0 Å². The summed E-state index contributed by atoms with van der Waals surface area (Å²) < 4.78 is 0. The molecule has 1 aromatic heterocycles. The third-order valence-electron chi connectivity index (χ3n) is 5.71. The van der Waals surface area contributed by atoms with E-state index in [9.17, 15) is 4.79 Å². The van der Waals surface area contributed by atoms with Gasteiger partial charge in [0, 0.05) is 44.3 Å². The number of fused-ring (bicyclic) bond motifs is 4. The van der Waals surface area contributed by atoms with Gasteiger partial charge in [0.25, 0.3) is 5.91 Å². The number of rotatable bonds is 4. The monoisotopic (exact) mass is 364 g/mol. The number of hydrogen-bond donors (Lipinski definition) is 0. The van der Waals surface area contributed by atoms with Crippen molar-refractivity contribution < 1.29 is 4.79 Å². The Bertz CT molecular complexity index is 792. The number of benzene rings is 1. The molecule has 5 rings (SSSR count). The van der Waals surface area contributed by atoms with Crippen LogP contribution in [-0.2, 0) is 6.54 Å². The summed E-state index contributed by atoms with van der Waals surface area (Å²) in [6.07, 6.45) is 4.01. The van der Waals surface area contributed by atoms with Crippen LogP contribution < -0.4 is 0 Å². The summed E-state index contributed by atoms with van der Waals surface area (Å²) in [7, 11) is 0. The normalized spacial score (nSPS) is 22.9. The molecule has 0 N–H and O–H groups in total. The van der Waals surface area contributed by atoms with Gasteiger partial charge in [-0.25, -0.2) is 9.97 Å². The van der Waals surface area contributed by atoms with Crippen LogP contribution in [0.4, 0.5) is 0 Å². The highest BCUT2D eigenvalue weighted by Crippen LogP contribution is 2.29. The summed E-state index contributed by atoms with van der Waals surface area (Å²) >= 11 is 0. The Hall–Kier alpha value is -2.27. The van der Waals surface area contributed by atoms with E-state index in [1.807, 2.05) is 0 Å². The van der Waals surface area contributed by atoms with Crippen molar-refractivity contribution in [1.82, 2.24) is 19.8 Å². The minimum absolute atomic E-state index is 0.0653. The summed E-state index contributed by atoms with van der Waals surface area (Å²) in [6.45, 7) is 7.92. The van der Waals surface area contributed by atoms with Gasteiger partial charge in [-0.1, -0.05) is 44.2 Å². The Morgan fingerprint density at radius 1 is 1.11 bits per heavy atom. The van der Waals surface area contributed by atoms with Crippen molar-refractivity contribution in [2.24, 2.45) is 5.92 Å². The smallest absolute Gasteiger partial charge is 0.272 e. The first-order chi connectivity index (χ1) is 13.1. The van der Waals surface area contributed by atoms with Crippen molar-refractivity contribution in [2.75, 3.05) is 19.6 Å². The highest BCUT2D eigenvalue weighted by molar-refractivity contribution is 5.92. The van der Waals surface area contributed by atoms with Crippen molar-refractivity contribution in [2.45, 2.75) is 45.2 Å². The Morgan fingerprint density at radius 2 is 1.93 bits per heavy atom. The van der Waals surface area contributed by atoms with E-state index in [1.54, 1.807) is 12.3 Å². The molecule has 0 unspecified atom stereocenters. The minimum Gasteiger partial charge on any atom is -0.333 e. The molecule has 0 radical (unpaired) electrons. The lowest BCUT2D eigenvalue weighted by molar-refractivity contribution is 0.0578. The summed E-state index contributed by atoms with van der Waals surface area (Å²) in [5.41, 5.74) is 1.88. The summed E-state index contributed by atoms with van der Waals surface area (Å²) in [5.74, 6) is 1.57. The second-order valence-corrected chi connectivity index (χ2v) is 8.19. The van der Waals surface area contributed by atoms with Gasteiger partial charge in [0.05, 0.1) is 0 Å². The molecule has 0 aliphatic carbocycles. The number of piperidine rings is 1. The number of hydrogen-bond acceptors (Lipinski definition) is 4. The maximum absolute atomic E-state index is 13.2. The van der Waals surface area contributed by atoms with Gasteiger partial charge in [-0.05, 0) is 30.4 Å². The van der Waals surface area contributed by atoms with E-state index in [1.165, 1.54) is 12.0 Å².